The number of aryl methyl sites for hydroxylation is 1. The number of unbranched alkanes of at least 4 members (excludes halogenated alkanes) is 2. The summed E-state index contributed by atoms with van der Waals surface area (Å²) in [5.41, 5.74) is 1.29. The van der Waals surface area contributed by atoms with Crippen molar-refractivity contribution < 1.29 is 19.7 Å². The highest BCUT2D eigenvalue weighted by atomic mass is 32.2. The van der Waals surface area contributed by atoms with Gasteiger partial charge in [-0.15, -0.1) is 0 Å². The number of fused-ring (bicyclic) bond motifs is 2. The van der Waals surface area contributed by atoms with E-state index >= 15 is 0 Å². The van der Waals surface area contributed by atoms with Crippen LogP contribution in [-0.2, 0) is 6.42 Å². The van der Waals surface area contributed by atoms with Gasteiger partial charge in [0, 0.05) is 33.1 Å². The molecular weight excluding hydrogens is 464 g/mol. The van der Waals surface area contributed by atoms with Crippen molar-refractivity contribution in [1.82, 2.24) is 0 Å². The summed E-state index contributed by atoms with van der Waals surface area (Å²) in [7, 11) is 0. The van der Waals surface area contributed by atoms with Crippen LogP contribution in [0.15, 0.2) is 42.5 Å². The molecule has 0 heterocycles. The largest absolute Gasteiger partial charge is 0.492 e. The Balaban J connectivity index is 1.81. The van der Waals surface area contributed by atoms with Gasteiger partial charge in [-0.2, -0.15) is 23.5 Å². The van der Waals surface area contributed by atoms with E-state index in [1.54, 1.807) is 23.5 Å². The van der Waals surface area contributed by atoms with Crippen molar-refractivity contribution in [2.75, 3.05) is 49.4 Å². The summed E-state index contributed by atoms with van der Waals surface area (Å²) >= 11 is 3.58. The molecule has 0 unspecified atom stereocenters. The second-order valence-electron chi connectivity index (χ2n) is 8.22. The lowest BCUT2D eigenvalue weighted by Gasteiger charge is -2.18. The zero-order valence-corrected chi connectivity index (χ0v) is 21.9. The molecular formula is C28H38O4S2. The van der Waals surface area contributed by atoms with Crippen LogP contribution < -0.4 is 9.47 Å². The standard InChI is InChI=1S/C28H38O4S2/c1-2-22-11-12-25-26(21-22)28(32-16-6-8-18-34-20-14-30)24-10-4-3-9-23(24)27(25)31-15-5-7-17-33-19-13-29/h3-4,9-12,21,29-30H,2,5-8,13-20H2,1H3. The van der Waals surface area contributed by atoms with Crippen LogP contribution in [0.1, 0.15) is 38.2 Å². The van der Waals surface area contributed by atoms with Crippen LogP contribution in [0.25, 0.3) is 21.5 Å². The van der Waals surface area contributed by atoms with Crippen LogP contribution in [0.5, 0.6) is 11.5 Å². The molecule has 0 fully saturated rings. The number of ether oxygens (including phenoxy) is 2. The fourth-order valence-corrected chi connectivity index (χ4v) is 5.45. The van der Waals surface area contributed by atoms with Crippen molar-refractivity contribution in [1.29, 1.82) is 0 Å². The van der Waals surface area contributed by atoms with Gasteiger partial charge in [0.05, 0.1) is 26.4 Å². The van der Waals surface area contributed by atoms with Gasteiger partial charge in [0.25, 0.3) is 0 Å². The first-order chi connectivity index (χ1) is 16.8. The maximum absolute atomic E-state index is 8.93. The summed E-state index contributed by atoms with van der Waals surface area (Å²) in [5.74, 6) is 5.62. The molecule has 0 aliphatic carbocycles. The Morgan fingerprint density at radius 1 is 0.647 bits per heavy atom. The molecule has 0 saturated heterocycles. The van der Waals surface area contributed by atoms with E-state index < -0.39 is 0 Å². The van der Waals surface area contributed by atoms with Crippen LogP contribution in [0.2, 0.25) is 0 Å². The third kappa shape index (κ3) is 7.70. The molecule has 186 valence electrons. The first-order valence-electron chi connectivity index (χ1n) is 12.4. The van der Waals surface area contributed by atoms with Crippen LogP contribution in [0, 0.1) is 0 Å². The molecule has 3 aromatic rings. The highest BCUT2D eigenvalue weighted by molar-refractivity contribution is 7.99. The molecule has 0 amide bonds. The minimum atomic E-state index is 0.246. The van der Waals surface area contributed by atoms with E-state index in [-0.39, 0.29) is 13.2 Å². The lowest BCUT2D eigenvalue weighted by molar-refractivity contribution is 0.311. The number of hydrogen-bond acceptors (Lipinski definition) is 6. The summed E-state index contributed by atoms with van der Waals surface area (Å²) in [5, 5.41) is 22.3. The fraction of sp³-hybridized carbons (Fsp3) is 0.500. The quantitative estimate of drug-likeness (QED) is 0.166. The van der Waals surface area contributed by atoms with Crippen molar-refractivity contribution >= 4 is 45.1 Å². The van der Waals surface area contributed by atoms with Crippen molar-refractivity contribution in [2.45, 2.75) is 39.0 Å². The summed E-state index contributed by atoms with van der Waals surface area (Å²) in [6.45, 7) is 4.03. The zero-order valence-electron chi connectivity index (χ0n) is 20.3. The molecule has 0 aliphatic heterocycles. The van der Waals surface area contributed by atoms with Gasteiger partial charge in [-0.25, -0.2) is 0 Å². The first kappa shape index (κ1) is 27.0. The molecule has 3 rings (SSSR count). The predicted octanol–water partition coefficient (Wildman–Crippen LogP) is 6.32. The molecule has 0 saturated carbocycles. The minimum absolute atomic E-state index is 0.246. The number of hydrogen-bond donors (Lipinski definition) is 2. The SMILES string of the molecule is CCc1ccc2c(OCCCCSCCO)c3ccccc3c(OCCCCSCCO)c2c1. The number of aliphatic hydroxyl groups excluding tert-OH is 2. The Morgan fingerprint density at radius 3 is 1.71 bits per heavy atom. The maximum Gasteiger partial charge on any atom is 0.135 e. The number of thioether (sulfide) groups is 2. The Hall–Kier alpha value is -1.60. The lowest BCUT2D eigenvalue weighted by atomic mass is 9.98. The van der Waals surface area contributed by atoms with Gasteiger partial charge >= 0.3 is 0 Å². The third-order valence-corrected chi connectivity index (χ3v) is 7.83. The third-order valence-electron chi connectivity index (χ3n) is 5.73. The fourth-order valence-electron chi connectivity index (χ4n) is 3.97. The average molecular weight is 503 g/mol. The predicted molar refractivity (Wildman–Crippen MR) is 149 cm³/mol. The smallest absolute Gasteiger partial charge is 0.135 e. The van der Waals surface area contributed by atoms with Gasteiger partial charge in [-0.3, -0.25) is 0 Å². The van der Waals surface area contributed by atoms with E-state index in [0.29, 0.717) is 13.2 Å². The second-order valence-corrected chi connectivity index (χ2v) is 10.7. The van der Waals surface area contributed by atoms with E-state index in [9.17, 15) is 0 Å². The molecule has 0 radical (unpaired) electrons. The van der Waals surface area contributed by atoms with Crippen LogP contribution in [-0.4, -0.2) is 59.7 Å². The van der Waals surface area contributed by atoms with Gasteiger partial charge < -0.3 is 19.7 Å². The van der Waals surface area contributed by atoms with Crippen molar-refractivity contribution in [3.05, 3.63) is 48.0 Å². The van der Waals surface area contributed by atoms with Crippen molar-refractivity contribution in [2.24, 2.45) is 0 Å². The number of benzene rings is 3. The van der Waals surface area contributed by atoms with E-state index in [1.165, 1.54) is 5.56 Å². The summed E-state index contributed by atoms with van der Waals surface area (Å²) in [4.78, 5) is 0. The summed E-state index contributed by atoms with van der Waals surface area (Å²) in [6, 6.07) is 15.0. The topological polar surface area (TPSA) is 58.9 Å². The van der Waals surface area contributed by atoms with Crippen LogP contribution in [0.4, 0.5) is 0 Å². The van der Waals surface area contributed by atoms with Crippen LogP contribution >= 0.6 is 23.5 Å². The molecule has 0 aromatic heterocycles. The average Bonchev–Trinajstić information content (AvgIpc) is 2.87. The second kappa shape index (κ2) is 15.4. The molecule has 4 nitrogen and oxygen atoms in total. The van der Waals surface area contributed by atoms with Gasteiger partial charge in [0.1, 0.15) is 11.5 Å². The Morgan fingerprint density at radius 2 is 1.18 bits per heavy atom. The first-order valence-corrected chi connectivity index (χ1v) is 14.7. The van der Waals surface area contributed by atoms with E-state index in [4.69, 9.17) is 19.7 Å². The highest BCUT2D eigenvalue weighted by Gasteiger charge is 2.16. The Labute approximate surface area is 212 Å². The summed E-state index contributed by atoms with van der Waals surface area (Å²) < 4.78 is 12.8. The molecule has 0 atom stereocenters. The maximum atomic E-state index is 8.93. The monoisotopic (exact) mass is 502 g/mol. The van der Waals surface area contributed by atoms with Crippen molar-refractivity contribution in [3.63, 3.8) is 0 Å². The van der Waals surface area contributed by atoms with E-state index in [1.807, 2.05) is 0 Å². The number of aliphatic hydroxyl groups is 2. The molecule has 2 N–H and O–H groups in total. The lowest BCUT2D eigenvalue weighted by Crippen LogP contribution is -2.03. The summed E-state index contributed by atoms with van der Waals surface area (Å²) in [6.07, 6.45) is 5.13. The van der Waals surface area contributed by atoms with Gasteiger partial charge in [-0.1, -0.05) is 43.3 Å². The molecule has 0 spiro atoms. The zero-order chi connectivity index (χ0) is 24.0. The van der Waals surface area contributed by atoms with Gasteiger partial charge in [-0.05, 0) is 55.2 Å². The van der Waals surface area contributed by atoms with Crippen LogP contribution in [0.3, 0.4) is 0 Å². The molecule has 34 heavy (non-hydrogen) atoms. The normalized spacial score (nSPS) is 11.4. The van der Waals surface area contributed by atoms with E-state index in [2.05, 4.69) is 49.4 Å². The molecule has 3 aromatic carbocycles. The molecule has 0 bridgehead atoms. The van der Waals surface area contributed by atoms with Gasteiger partial charge in [0.15, 0.2) is 0 Å². The molecule has 6 heteroatoms. The number of rotatable bonds is 17. The van der Waals surface area contributed by atoms with Gasteiger partial charge in [0.2, 0.25) is 0 Å². The highest BCUT2D eigenvalue weighted by Crippen LogP contribution is 2.43. The Kier molecular flexibility index (Phi) is 12.2. The van der Waals surface area contributed by atoms with E-state index in [0.717, 1.165) is 88.2 Å². The minimum Gasteiger partial charge on any atom is -0.492 e. The Bertz CT molecular complexity index is 1010. The molecule has 0 aliphatic rings. The van der Waals surface area contributed by atoms with Crippen molar-refractivity contribution in [3.8, 4) is 11.5 Å².